The number of nitrogens with zero attached hydrogens (tertiary/aromatic N) is 2. The van der Waals surface area contributed by atoms with Crippen LogP contribution in [0.5, 0.6) is 5.75 Å². The van der Waals surface area contributed by atoms with Gasteiger partial charge in [0, 0.05) is 0 Å². The van der Waals surface area contributed by atoms with Gasteiger partial charge in [0.05, 0.1) is 0 Å². The maximum absolute atomic E-state index is 16.4. The van der Waals surface area contributed by atoms with Crippen LogP contribution in [-0.4, -0.2) is 34.3 Å². The van der Waals surface area contributed by atoms with E-state index in [1.165, 1.54) is 22.1 Å². The second-order valence-electron chi connectivity index (χ2n) is 13.2. The molecule has 0 aliphatic carbocycles. The zero-order chi connectivity index (χ0) is 35.2. The Bertz CT molecular complexity index is 2260. The Balaban J connectivity index is 1.20. The molecule has 252 valence electrons. The molecular weight excluding hydrogens is 656 g/mol. The van der Waals surface area contributed by atoms with Crippen molar-refractivity contribution in [1.29, 1.82) is 0 Å². The number of aromatic nitrogens is 1. The van der Waals surface area contributed by atoms with Crippen molar-refractivity contribution >= 4 is 53.8 Å². The maximum atomic E-state index is 16.4. The van der Waals surface area contributed by atoms with Crippen LogP contribution in [0.25, 0.3) is 11.6 Å². The van der Waals surface area contributed by atoms with E-state index in [2.05, 4.69) is 72.8 Å². The molecule has 0 fully saturated rings. The van der Waals surface area contributed by atoms with Gasteiger partial charge in [0.15, 0.2) is 0 Å². The molecule has 4 nitrogen and oxygen atoms in total. The number of ketones is 1. The van der Waals surface area contributed by atoms with Gasteiger partial charge >= 0.3 is 285 Å². The van der Waals surface area contributed by atoms with Crippen LogP contribution in [0.2, 0.25) is 0 Å². The van der Waals surface area contributed by atoms with E-state index in [9.17, 15) is 4.79 Å². The number of fused-ring (bicyclic) bond motifs is 2. The van der Waals surface area contributed by atoms with Gasteiger partial charge in [0.1, 0.15) is 0 Å². The van der Waals surface area contributed by atoms with Crippen LogP contribution in [-0.2, 0) is 0 Å². The molecule has 0 N–H and O–H groups in total. The molecule has 8 rings (SSSR count). The van der Waals surface area contributed by atoms with E-state index in [1.54, 1.807) is 43.3 Å². The first-order valence-corrected chi connectivity index (χ1v) is 19.3. The van der Waals surface area contributed by atoms with Crippen molar-refractivity contribution in [2.45, 2.75) is 13.8 Å². The number of hydrogen-bond acceptors (Lipinski definition) is 2. The fourth-order valence-electron chi connectivity index (χ4n) is 7.68. The molecule has 0 radical (unpaired) electrons. The van der Waals surface area contributed by atoms with Gasteiger partial charge in [-0.3, -0.25) is 0 Å². The SMILES string of the molecule is Cc1cc(C)n2c1C=C1C(c3ccc(OC[PH](c4ccccc4)(c4ccccc4)c4ccccc4)cc3)=C(C(=O)c3ccccc3)C=[N+]1[B-]2(F)F. The van der Waals surface area contributed by atoms with Crippen molar-refractivity contribution in [2.24, 2.45) is 0 Å². The number of carbonyl (C=O) groups excluding carboxylic acids is 1. The number of halogens is 2. The number of hydrogen-bond donors (Lipinski definition) is 0. The summed E-state index contributed by atoms with van der Waals surface area (Å²) in [7, 11) is -2.67. The summed E-state index contributed by atoms with van der Waals surface area (Å²) >= 11 is 0. The third-order valence-electron chi connectivity index (χ3n) is 10.1. The Morgan fingerprint density at radius 3 is 1.76 bits per heavy atom. The monoisotopic (exact) mass is 692 g/mol. The van der Waals surface area contributed by atoms with Gasteiger partial charge in [-0.1, -0.05) is 6.07 Å². The Kier molecular flexibility index (Phi) is 8.24. The average molecular weight is 693 g/mol. The first kappa shape index (κ1) is 32.6. The van der Waals surface area contributed by atoms with E-state index in [1.807, 2.05) is 55.5 Å². The van der Waals surface area contributed by atoms with Crippen LogP contribution in [0, 0.1) is 13.8 Å². The second kappa shape index (κ2) is 12.9. The normalized spacial score (nSPS) is 15.1. The summed E-state index contributed by atoms with van der Waals surface area (Å²) in [6, 6.07) is 49.8. The minimum atomic E-state index is -4.24. The molecular formula is C43H36BF2N2O2P. The van der Waals surface area contributed by atoms with E-state index in [0.29, 0.717) is 45.9 Å². The molecule has 0 bridgehead atoms. The van der Waals surface area contributed by atoms with Crippen LogP contribution < -0.4 is 20.7 Å². The predicted octanol–water partition coefficient (Wildman–Crippen LogP) is 8.18. The first-order valence-electron chi connectivity index (χ1n) is 17.1. The van der Waals surface area contributed by atoms with Gasteiger partial charge in [0.25, 0.3) is 0 Å². The van der Waals surface area contributed by atoms with Crippen molar-refractivity contribution in [3.05, 3.63) is 191 Å². The molecule has 0 amide bonds. The summed E-state index contributed by atoms with van der Waals surface area (Å²) in [5.41, 5.74) is 3.80. The number of carbonyl (C=O) groups is 1. The predicted molar refractivity (Wildman–Crippen MR) is 208 cm³/mol. The molecule has 2 aliphatic heterocycles. The van der Waals surface area contributed by atoms with Crippen molar-refractivity contribution in [2.75, 3.05) is 6.35 Å². The summed E-state index contributed by atoms with van der Waals surface area (Å²) in [6.45, 7) is -0.714. The van der Waals surface area contributed by atoms with Gasteiger partial charge in [-0.15, -0.1) is 0 Å². The number of rotatable bonds is 9. The number of ether oxygens (including phenoxy) is 1. The summed E-state index contributed by atoms with van der Waals surface area (Å²) in [6.07, 6.45) is 3.56. The molecule has 2 aliphatic rings. The van der Waals surface area contributed by atoms with Crippen LogP contribution >= 0.6 is 7.26 Å². The summed E-state index contributed by atoms with van der Waals surface area (Å²) < 4.78 is 41.6. The van der Waals surface area contributed by atoms with Gasteiger partial charge in [-0.25, -0.2) is 0 Å². The Morgan fingerprint density at radius 2 is 1.24 bits per heavy atom. The summed E-state index contributed by atoms with van der Waals surface area (Å²) in [5, 5.41) is 3.70. The van der Waals surface area contributed by atoms with E-state index in [0.717, 1.165) is 14.5 Å². The molecule has 0 atom stereocenters. The molecule has 0 spiro atoms. The molecule has 6 aromatic rings. The number of Topliss-reactive ketones (excluding diaryl/α,β-unsaturated/α-hetero) is 1. The van der Waals surface area contributed by atoms with Crippen LogP contribution in [0.4, 0.5) is 8.63 Å². The summed E-state index contributed by atoms with van der Waals surface area (Å²) in [5.74, 6) is 0.344. The Labute approximate surface area is 297 Å². The third kappa shape index (κ3) is 5.49. The van der Waals surface area contributed by atoms with E-state index >= 15 is 8.63 Å². The van der Waals surface area contributed by atoms with E-state index < -0.39 is 14.2 Å². The number of aryl methyl sites for hydroxylation is 2. The molecule has 0 unspecified atom stereocenters. The van der Waals surface area contributed by atoms with Gasteiger partial charge < -0.3 is 0 Å². The second-order valence-corrected chi connectivity index (χ2v) is 17.0. The molecule has 1 aromatic heterocycles. The van der Waals surface area contributed by atoms with Gasteiger partial charge in [-0.05, 0) is 6.92 Å². The van der Waals surface area contributed by atoms with Crippen LogP contribution in [0.1, 0.15) is 32.9 Å². The van der Waals surface area contributed by atoms with Gasteiger partial charge in [0.2, 0.25) is 0 Å². The Morgan fingerprint density at radius 1 is 0.725 bits per heavy atom. The average Bonchev–Trinajstić information content (AvgIpc) is 3.71. The minimum absolute atomic E-state index is 0.229. The van der Waals surface area contributed by atoms with E-state index in [-0.39, 0.29) is 11.4 Å². The molecule has 8 heteroatoms. The van der Waals surface area contributed by atoms with Crippen molar-refractivity contribution in [3.63, 3.8) is 0 Å². The third-order valence-corrected chi connectivity index (χ3v) is 14.7. The van der Waals surface area contributed by atoms with E-state index in [4.69, 9.17) is 4.74 Å². The quantitative estimate of drug-likeness (QED) is 0.0871. The first-order chi connectivity index (χ1) is 24.8. The Hall–Kier alpha value is -5.65. The zero-order valence-electron chi connectivity index (χ0n) is 28.3. The topological polar surface area (TPSA) is 34.2 Å². The number of benzene rings is 5. The summed E-state index contributed by atoms with van der Waals surface area (Å²) in [4.78, 5) is 14.0. The van der Waals surface area contributed by atoms with Gasteiger partial charge in [-0.2, -0.15) is 0 Å². The fraction of sp³-hybridized carbons (Fsp3) is 0.0698. The molecule has 3 heterocycles. The molecule has 0 saturated carbocycles. The van der Waals surface area contributed by atoms with Crippen molar-refractivity contribution in [1.82, 2.24) is 4.48 Å². The molecule has 0 saturated heterocycles. The number of allylic oxidation sites excluding steroid dienone is 2. The standard InChI is InChI=1S/C43H36BF2N2O2P/c1-31-27-32(2)48-40(31)28-41-42(39(29-47(41)44(48,45)46)43(49)34-15-7-3-8-16-34)33-23-25-35(26-24-33)50-30-51(36-17-9-4-10-18-36,37-19-11-5-12-20-37)38-21-13-6-14-22-38/h3-29,51H,30H2,1-2H3. The van der Waals surface area contributed by atoms with Crippen molar-refractivity contribution < 1.29 is 22.6 Å². The molecule has 5 aromatic carbocycles. The van der Waals surface area contributed by atoms with Crippen LogP contribution in [0.15, 0.2) is 163 Å². The fourth-order valence-corrected chi connectivity index (χ4v) is 11.8. The van der Waals surface area contributed by atoms with Crippen molar-refractivity contribution in [3.8, 4) is 5.75 Å². The zero-order valence-corrected chi connectivity index (χ0v) is 29.3. The van der Waals surface area contributed by atoms with Crippen LogP contribution in [0.3, 0.4) is 0 Å². The molecule has 51 heavy (non-hydrogen) atoms.